The Kier molecular flexibility index (Phi) is 13.8. The summed E-state index contributed by atoms with van der Waals surface area (Å²) in [5.41, 5.74) is 17.1. The first-order chi connectivity index (χ1) is 29.0. The molecule has 4 unspecified atom stereocenters. The van der Waals surface area contributed by atoms with E-state index >= 15 is 8.78 Å². The second-order valence-corrected chi connectivity index (χ2v) is 19.5. The fourth-order valence-electron chi connectivity index (χ4n) is 6.70. The van der Waals surface area contributed by atoms with E-state index in [0.29, 0.717) is 12.8 Å². The molecule has 0 aromatic carbocycles. The molecule has 0 radical (unpaired) electrons. The molecule has 3 aliphatic heterocycles. The van der Waals surface area contributed by atoms with Crippen molar-refractivity contribution in [3.8, 4) is 0 Å². The van der Waals surface area contributed by atoms with Gasteiger partial charge in [-0.2, -0.15) is 0 Å². The third-order valence-electron chi connectivity index (χ3n) is 9.61. The summed E-state index contributed by atoms with van der Waals surface area (Å²) in [6.07, 6.45) is -7.89. The molecule has 0 spiro atoms. The molecule has 4 aromatic rings. The van der Waals surface area contributed by atoms with Gasteiger partial charge < -0.3 is 52.0 Å². The lowest BCUT2D eigenvalue weighted by atomic mass is 10.1. The van der Waals surface area contributed by atoms with Crippen LogP contribution in [-0.4, -0.2) is 131 Å². The molecule has 332 valence electrons. The van der Waals surface area contributed by atoms with E-state index in [4.69, 9.17) is 56.6 Å². The Bertz CT molecular complexity index is 2370. The van der Waals surface area contributed by atoms with Crippen LogP contribution >= 0.6 is 25.8 Å². The van der Waals surface area contributed by atoms with Crippen LogP contribution in [0.25, 0.3) is 22.3 Å². The quantitative estimate of drug-likeness (QED) is 0.0541. The summed E-state index contributed by atoms with van der Waals surface area (Å²) in [6, 6.07) is -1.50. The van der Waals surface area contributed by atoms with Crippen LogP contribution in [0.3, 0.4) is 0 Å². The number of amides is 4. The molecular formula is C30H40F2N14O11P2S2. The first-order valence-electron chi connectivity index (χ1n) is 18.4. The van der Waals surface area contributed by atoms with Crippen molar-refractivity contribution in [3.05, 3.63) is 25.3 Å². The van der Waals surface area contributed by atoms with Gasteiger partial charge in [0.15, 0.2) is 53.2 Å². The number of primary amides is 1. The van der Waals surface area contributed by atoms with E-state index < -0.39 is 99.8 Å². The minimum Gasteiger partial charge on any atom is -0.382 e. The smallest absolute Gasteiger partial charge is 0.382 e. The molecule has 0 aliphatic carbocycles. The van der Waals surface area contributed by atoms with E-state index in [9.17, 15) is 23.8 Å². The number of fused-ring (bicyclic) bond motifs is 4. The van der Waals surface area contributed by atoms with Crippen molar-refractivity contribution >= 4 is 89.4 Å². The normalized spacial score (nSPS) is 31.1. The number of nitrogens with two attached hydrogens (primary N) is 3. The van der Waals surface area contributed by atoms with Gasteiger partial charge in [0.1, 0.15) is 42.6 Å². The maximum atomic E-state index is 16.5. The fourth-order valence-corrected chi connectivity index (χ4v) is 9.62. The van der Waals surface area contributed by atoms with Crippen LogP contribution in [0, 0.1) is 0 Å². The number of imidazole rings is 2. The van der Waals surface area contributed by atoms with Gasteiger partial charge in [0.05, 0.1) is 31.9 Å². The van der Waals surface area contributed by atoms with E-state index in [-0.39, 0.29) is 59.9 Å². The molecule has 31 heteroatoms. The Morgan fingerprint density at radius 2 is 1.49 bits per heavy atom. The molecule has 4 amide bonds. The Hall–Kier alpha value is -4.12. The van der Waals surface area contributed by atoms with Crippen LogP contribution in [0.4, 0.5) is 25.2 Å². The average molecular weight is 937 g/mol. The maximum Gasteiger partial charge on any atom is 0.386 e. The number of rotatable bonds is 12. The Morgan fingerprint density at radius 3 is 2.16 bits per heavy atom. The van der Waals surface area contributed by atoms with E-state index in [1.54, 1.807) is 0 Å². The molecule has 3 fully saturated rings. The van der Waals surface area contributed by atoms with E-state index in [1.807, 2.05) is 0 Å². The standard InChI is InChI=1S/C30H40F2N14O11P2S2/c31-17-21-14(54-28(17)45-11-42-19-23(34)38-9-40-25(19)45)7-52-59(51,61)57-22-15(8-53-58(50,60)56-21)55-29(18(22)32)46-12-43-20-24(39-10-41-26(20)46)44-16(47)4-2-5-36-27(48)13(33)3-1-6-37-30(35)49/h9-15,17-18,21-22,28-29H,1-8,33H2,(H,36,48)(H,50,60)(H,51,61)(H2,34,38,40)(H3,35,37,49)(H,39,41,44,47)/t13-,14+,15+,17+,18+,21?,22?,28+,29+,58?,59?/m0/s1. The van der Waals surface area contributed by atoms with Crippen molar-refractivity contribution in [2.45, 2.75) is 80.9 Å². The number of hydrogen-bond acceptors (Lipinski definition) is 19. The molecule has 25 nitrogen and oxygen atoms in total. The van der Waals surface area contributed by atoms with Gasteiger partial charge in [-0.15, -0.1) is 0 Å². The van der Waals surface area contributed by atoms with Gasteiger partial charge >= 0.3 is 19.5 Å². The minimum absolute atomic E-state index is 0.0118. The molecular weight excluding hydrogens is 896 g/mol. The topological polar surface area (TPSA) is 345 Å². The number of anilines is 2. The van der Waals surface area contributed by atoms with Crippen molar-refractivity contribution in [3.63, 3.8) is 0 Å². The Morgan fingerprint density at radius 1 is 0.902 bits per heavy atom. The summed E-state index contributed by atoms with van der Waals surface area (Å²) in [4.78, 5) is 71.5. The van der Waals surface area contributed by atoms with Crippen molar-refractivity contribution in [1.29, 1.82) is 0 Å². The maximum absolute atomic E-state index is 16.5. The van der Waals surface area contributed by atoms with Crippen LogP contribution < -0.4 is 33.2 Å². The molecule has 61 heavy (non-hydrogen) atoms. The lowest BCUT2D eigenvalue weighted by Crippen LogP contribution is -2.41. The highest BCUT2D eigenvalue weighted by molar-refractivity contribution is 8.44. The number of alkyl halides is 2. The molecule has 3 saturated heterocycles. The number of carbonyl (C=O) groups is 3. The van der Waals surface area contributed by atoms with Gasteiger partial charge in [-0.1, -0.05) is 12.2 Å². The van der Waals surface area contributed by atoms with Gasteiger partial charge in [0, 0.05) is 19.5 Å². The molecule has 0 saturated carbocycles. The van der Waals surface area contributed by atoms with E-state index in [1.165, 1.54) is 21.8 Å². The molecule has 10 N–H and O–H groups in total. The monoisotopic (exact) mass is 936 g/mol. The summed E-state index contributed by atoms with van der Waals surface area (Å²) >= 11 is 9.24. The largest absolute Gasteiger partial charge is 0.386 e. The number of urea groups is 1. The lowest BCUT2D eigenvalue weighted by molar-refractivity contribution is -0.123. The van der Waals surface area contributed by atoms with Crippen molar-refractivity contribution in [1.82, 2.24) is 49.7 Å². The predicted molar refractivity (Wildman–Crippen MR) is 213 cm³/mol. The van der Waals surface area contributed by atoms with Crippen LogP contribution in [0.5, 0.6) is 0 Å². The van der Waals surface area contributed by atoms with Gasteiger partial charge in [0.25, 0.3) is 0 Å². The van der Waals surface area contributed by atoms with E-state index in [2.05, 4.69) is 58.1 Å². The van der Waals surface area contributed by atoms with Crippen LogP contribution in [0.2, 0.25) is 0 Å². The number of nitrogen functional groups attached to an aromatic ring is 1. The van der Waals surface area contributed by atoms with Gasteiger partial charge in [-0.25, -0.2) is 48.0 Å². The van der Waals surface area contributed by atoms with Crippen molar-refractivity contribution < 1.29 is 60.2 Å². The zero-order valence-corrected chi connectivity index (χ0v) is 35.0. The number of halogens is 2. The summed E-state index contributed by atoms with van der Waals surface area (Å²) < 4.78 is 82.6. The van der Waals surface area contributed by atoms with Crippen LogP contribution in [0.15, 0.2) is 25.3 Å². The predicted octanol–water partition coefficient (Wildman–Crippen LogP) is 0.402. The summed E-state index contributed by atoms with van der Waals surface area (Å²) in [7, 11) is 0. The molecule has 3 aliphatic rings. The number of aromatic nitrogens is 8. The first-order valence-corrected chi connectivity index (χ1v) is 23.7. The number of ether oxygens (including phenoxy) is 2. The molecule has 4 aromatic heterocycles. The molecule has 7 heterocycles. The minimum atomic E-state index is -4.50. The fraction of sp³-hybridized carbons (Fsp3) is 0.567. The zero-order valence-electron chi connectivity index (χ0n) is 31.5. The summed E-state index contributed by atoms with van der Waals surface area (Å²) in [5, 5.41) is 7.66. The summed E-state index contributed by atoms with van der Waals surface area (Å²) in [6.45, 7) is -9.83. The second-order valence-electron chi connectivity index (χ2n) is 13.8. The zero-order chi connectivity index (χ0) is 43.6. The first kappa shape index (κ1) is 44.9. The third-order valence-corrected chi connectivity index (χ3v) is 12.8. The lowest BCUT2D eigenvalue weighted by Gasteiger charge is -2.29. The summed E-state index contributed by atoms with van der Waals surface area (Å²) in [5.74, 6) is -0.900. The van der Waals surface area contributed by atoms with Crippen molar-refractivity contribution in [2.75, 3.05) is 37.4 Å². The Labute approximate surface area is 353 Å². The van der Waals surface area contributed by atoms with Crippen LogP contribution in [0.1, 0.15) is 38.1 Å². The third kappa shape index (κ3) is 10.2. The van der Waals surface area contributed by atoms with Crippen LogP contribution in [-0.2, 0) is 53.5 Å². The van der Waals surface area contributed by atoms with E-state index in [0.717, 1.165) is 12.7 Å². The average Bonchev–Trinajstić information content (AvgIpc) is 3.98. The van der Waals surface area contributed by atoms with Gasteiger partial charge in [-0.3, -0.25) is 32.3 Å². The number of thiol groups is 1. The number of hydrogen-bond donors (Lipinski definition) is 8. The number of nitrogens with one attached hydrogen (secondary N) is 3. The van der Waals surface area contributed by atoms with Gasteiger partial charge in [-0.05, 0) is 31.1 Å². The highest BCUT2D eigenvalue weighted by Gasteiger charge is 2.54. The molecule has 7 rings (SSSR count). The number of carbonyl (C=O) groups excluding carboxylic acids is 3. The number of nitrogens with zero attached hydrogens (tertiary/aromatic N) is 8. The van der Waals surface area contributed by atoms with Gasteiger partial charge in [0.2, 0.25) is 11.8 Å². The highest BCUT2D eigenvalue weighted by atomic mass is 32.7. The van der Waals surface area contributed by atoms with Crippen molar-refractivity contribution in [2.24, 2.45) is 11.5 Å². The Balaban J connectivity index is 0.993. The molecule has 11 atom stereocenters. The SMILES string of the molecule is NC(=O)NCCC[C@H](N)C(=O)NCCCC(=O)Nc1ncnc2c1ncn2[C@@H]1O[C@@H]2COP(O)(=S)OC3[C@@H](F)[C@H](n4cnc5c(N)ncnc54)O[C@@H]3COP(=O)(S)OC2[C@H]1F. The second kappa shape index (κ2) is 18.7. The highest BCUT2D eigenvalue weighted by Crippen LogP contribution is 2.58. The molecule has 0 bridgehead atoms.